The molecule has 1 aliphatic rings. The quantitative estimate of drug-likeness (QED) is 0.167. The molecule has 1 N–H and O–H groups in total. The van der Waals surface area contributed by atoms with Gasteiger partial charge in [0.1, 0.15) is 17.0 Å². The van der Waals surface area contributed by atoms with Crippen molar-refractivity contribution in [3.63, 3.8) is 0 Å². The Morgan fingerprint density at radius 2 is 1.42 bits per heavy atom. The molecule has 2 amide bonds. The fourth-order valence-electron chi connectivity index (χ4n) is 7.16. The van der Waals surface area contributed by atoms with Gasteiger partial charge in [0, 0.05) is 29.1 Å². The Bertz CT molecular complexity index is 2120. The fourth-order valence-corrected chi connectivity index (χ4v) is 7.33. The molecule has 2 heterocycles. The molecule has 0 radical (unpaired) electrons. The molecule has 1 aliphatic heterocycles. The van der Waals surface area contributed by atoms with E-state index in [0.29, 0.717) is 46.7 Å². The van der Waals surface area contributed by atoms with Crippen LogP contribution in [0.2, 0.25) is 5.02 Å². The number of nitrogens with one attached hydrogen (secondary N) is 1. The Kier molecular flexibility index (Phi) is 9.60. The Morgan fingerprint density at radius 1 is 0.827 bits per heavy atom. The summed E-state index contributed by atoms with van der Waals surface area (Å²) in [5.74, 6) is -0.842. The van der Waals surface area contributed by atoms with Crippen molar-refractivity contribution < 1.29 is 18.7 Å². The molecule has 7 rings (SSSR count). The Hall–Kier alpha value is -5.47. The van der Waals surface area contributed by atoms with Crippen LogP contribution in [0.3, 0.4) is 0 Å². The topological polar surface area (TPSA) is 76.5 Å². The third-order valence-electron chi connectivity index (χ3n) is 9.50. The van der Waals surface area contributed by atoms with Crippen molar-refractivity contribution >= 4 is 40.3 Å². The van der Waals surface area contributed by atoms with Crippen LogP contribution in [0.4, 0.5) is 15.0 Å². The molecule has 0 spiro atoms. The van der Waals surface area contributed by atoms with E-state index >= 15 is 4.39 Å². The normalized spacial score (nSPS) is 15.0. The lowest BCUT2D eigenvalue weighted by Gasteiger charge is -2.37. The van der Waals surface area contributed by atoms with Gasteiger partial charge in [-0.2, -0.15) is 5.10 Å². The van der Waals surface area contributed by atoms with Gasteiger partial charge in [-0.15, -0.1) is 0 Å². The van der Waals surface area contributed by atoms with E-state index < -0.39 is 29.0 Å². The summed E-state index contributed by atoms with van der Waals surface area (Å²) in [6.45, 7) is 6.21. The first-order valence-electron chi connectivity index (χ1n) is 17.5. The maximum Gasteiger partial charge on any atom is 0.410 e. The van der Waals surface area contributed by atoms with Crippen molar-refractivity contribution in [2.45, 2.75) is 44.8 Å². The maximum atomic E-state index is 15.3. The molecule has 1 aromatic heterocycles. The first-order valence-corrected chi connectivity index (χ1v) is 17.9. The van der Waals surface area contributed by atoms with E-state index in [1.807, 2.05) is 98.2 Å². The number of amides is 2. The summed E-state index contributed by atoms with van der Waals surface area (Å²) >= 11 is 6.33. The minimum atomic E-state index is -0.980. The van der Waals surface area contributed by atoms with Crippen LogP contribution < -0.4 is 5.32 Å². The molecule has 5 aromatic carbocycles. The minimum absolute atomic E-state index is 0.223. The summed E-state index contributed by atoms with van der Waals surface area (Å²) in [5, 5.41) is 9.44. The Balaban J connectivity index is 1.42. The number of nitrogens with zero attached hydrogens (tertiary/aromatic N) is 3. The lowest BCUT2D eigenvalue weighted by atomic mass is 9.77. The second-order valence-corrected chi connectivity index (χ2v) is 14.6. The van der Waals surface area contributed by atoms with Gasteiger partial charge in [-0.05, 0) is 86.2 Å². The minimum Gasteiger partial charge on any atom is -0.444 e. The van der Waals surface area contributed by atoms with Gasteiger partial charge in [-0.3, -0.25) is 4.79 Å². The highest BCUT2D eigenvalue weighted by molar-refractivity contribution is 6.30. The SMILES string of the molecule is CC(C)(C)OC(=O)N1CCC[C@@H](C(=O)Nc2nn(C(c3ccccc3)(c3ccccc3)c3ccccc3)c3ccc(-c4cc(Cl)ccc4F)cc23)C1. The zero-order valence-electron chi connectivity index (χ0n) is 29.4. The molecule has 1 fully saturated rings. The Morgan fingerprint density at radius 3 is 2.00 bits per heavy atom. The van der Waals surface area contributed by atoms with Crippen molar-refractivity contribution in [2.75, 3.05) is 18.4 Å². The van der Waals surface area contributed by atoms with E-state index in [1.54, 1.807) is 11.0 Å². The maximum absolute atomic E-state index is 15.3. The van der Waals surface area contributed by atoms with Crippen LogP contribution in [0, 0.1) is 11.7 Å². The average molecular weight is 715 g/mol. The number of carbonyl (C=O) groups excluding carboxylic acids is 2. The molecular formula is C43H40ClFN4O3. The van der Waals surface area contributed by atoms with E-state index in [1.165, 1.54) is 12.1 Å². The summed E-state index contributed by atoms with van der Waals surface area (Å²) < 4.78 is 22.9. The predicted octanol–water partition coefficient (Wildman–Crippen LogP) is 9.92. The van der Waals surface area contributed by atoms with Gasteiger partial charge in [0.05, 0.1) is 11.4 Å². The lowest BCUT2D eigenvalue weighted by Crippen LogP contribution is -2.45. The van der Waals surface area contributed by atoms with Gasteiger partial charge in [0.15, 0.2) is 5.82 Å². The molecule has 9 heteroatoms. The van der Waals surface area contributed by atoms with E-state index in [-0.39, 0.29) is 12.5 Å². The third kappa shape index (κ3) is 6.78. The van der Waals surface area contributed by atoms with Gasteiger partial charge in [0.25, 0.3) is 0 Å². The molecule has 0 bridgehead atoms. The second kappa shape index (κ2) is 14.3. The largest absolute Gasteiger partial charge is 0.444 e. The van der Waals surface area contributed by atoms with E-state index in [0.717, 1.165) is 22.2 Å². The number of piperidine rings is 1. The van der Waals surface area contributed by atoms with Crippen LogP contribution in [0.15, 0.2) is 127 Å². The molecular weight excluding hydrogens is 675 g/mol. The van der Waals surface area contributed by atoms with Gasteiger partial charge in [-0.1, -0.05) is 109 Å². The second-order valence-electron chi connectivity index (χ2n) is 14.2. The number of halogens is 2. The first kappa shape index (κ1) is 35.0. The summed E-state index contributed by atoms with van der Waals surface area (Å²) in [7, 11) is 0. The number of hydrogen-bond donors (Lipinski definition) is 1. The zero-order chi connectivity index (χ0) is 36.5. The van der Waals surface area contributed by atoms with Crippen LogP contribution in [0.5, 0.6) is 0 Å². The van der Waals surface area contributed by atoms with Crippen molar-refractivity contribution in [3.05, 3.63) is 155 Å². The number of benzene rings is 5. The summed E-state index contributed by atoms with van der Waals surface area (Å²) in [6, 6.07) is 40.5. The summed E-state index contributed by atoms with van der Waals surface area (Å²) in [5.41, 5.74) is 2.88. The molecule has 52 heavy (non-hydrogen) atoms. The monoisotopic (exact) mass is 714 g/mol. The van der Waals surface area contributed by atoms with E-state index in [4.69, 9.17) is 21.4 Å². The average Bonchev–Trinajstić information content (AvgIpc) is 3.51. The highest BCUT2D eigenvalue weighted by atomic mass is 35.5. The lowest BCUT2D eigenvalue weighted by molar-refractivity contribution is -0.121. The van der Waals surface area contributed by atoms with Gasteiger partial charge in [0.2, 0.25) is 5.91 Å². The van der Waals surface area contributed by atoms with Gasteiger partial charge >= 0.3 is 6.09 Å². The van der Waals surface area contributed by atoms with Crippen LogP contribution >= 0.6 is 11.6 Å². The van der Waals surface area contributed by atoms with Crippen molar-refractivity contribution in [3.8, 4) is 11.1 Å². The fraction of sp³-hybridized carbons (Fsp3) is 0.233. The number of likely N-dealkylation sites (tertiary alicyclic amines) is 1. The number of anilines is 1. The van der Waals surface area contributed by atoms with Crippen LogP contribution in [-0.2, 0) is 15.1 Å². The van der Waals surface area contributed by atoms with Crippen molar-refractivity contribution in [2.24, 2.45) is 5.92 Å². The first-order chi connectivity index (χ1) is 25.0. The Labute approximate surface area is 308 Å². The molecule has 264 valence electrons. The number of aromatic nitrogens is 2. The molecule has 0 aliphatic carbocycles. The van der Waals surface area contributed by atoms with Crippen molar-refractivity contribution in [1.29, 1.82) is 0 Å². The highest BCUT2D eigenvalue weighted by Crippen LogP contribution is 2.44. The van der Waals surface area contributed by atoms with Gasteiger partial charge < -0.3 is 15.0 Å². The molecule has 1 saturated heterocycles. The number of hydrogen-bond acceptors (Lipinski definition) is 4. The zero-order valence-corrected chi connectivity index (χ0v) is 30.1. The molecule has 1 atom stereocenters. The summed E-state index contributed by atoms with van der Waals surface area (Å²) in [4.78, 5) is 28.7. The smallest absolute Gasteiger partial charge is 0.410 e. The van der Waals surface area contributed by atoms with Crippen LogP contribution in [0.25, 0.3) is 22.0 Å². The van der Waals surface area contributed by atoms with E-state index in [2.05, 4.69) is 41.7 Å². The number of rotatable bonds is 7. The molecule has 6 aromatic rings. The third-order valence-corrected chi connectivity index (χ3v) is 9.73. The standard InChI is InChI=1S/C43H40ClFN4O3/c1-42(2,3)52-41(51)48-25-13-14-30(28-48)40(50)46-39-36-26-29(35-27-34(44)22-23-37(35)45)21-24-38(36)49(47-39)43(31-15-7-4-8-16-31,32-17-9-5-10-18-32)33-19-11-6-12-20-33/h4-12,15-24,26-27,30H,13-14,25,28H2,1-3H3,(H,46,47,50)/t30-/m1/s1. The van der Waals surface area contributed by atoms with Gasteiger partial charge in [-0.25, -0.2) is 13.9 Å². The predicted molar refractivity (Wildman–Crippen MR) is 204 cm³/mol. The molecule has 0 saturated carbocycles. The summed E-state index contributed by atoms with van der Waals surface area (Å²) in [6.07, 6.45) is 0.820. The molecule has 0 unspecified atom stereocenters. The van der Waals surface area contributed by atoms with E-state index in [9.17, 15) is 9.59 Å². The molecule has 7 nitrogen and oxygen atoms in total. The number of carbonyl (C=O) groups is 2. The number of ether oxygens (including phenoxy) is 1. The number of fused-ring (bicyclic) bond motifs is 1. The van der Waals surface area contributed by atoms with Crippen LogP contribution in [-0.4, -0.2) is 45.4 Å². The van der Waals surface area contributed by atoms with Crippen molar-refractivity contribution in [1.82, 2.24) is 14.7 Å². The highest BCUT2D eigenvalue weighted by Gasteiger charge is 2.41. The van der Waals surface area contributed by atoms with Crippen LogP contribution in [0.1, 0.15) is 50.3 Å².